The van der Waals surface area contributed by atoms with E-state index in [4.69, 9.17) is 5.41 Å². The summed E-state index contributed by atoms with van der Waals surface area (Å²) in [5.41, 5.74) is 0. The van der Waals surface area contributed by atoms with Crippen molar-refractivity contribution in [1.82, 2.24) is 4.90 Å². The first kappa shape index (κ1) is 8.21. The Morgan fingerprint density at radius 3 is 2.33 bits per heavy atom. The Bertz CT molecular complexity index is 89.1. The van der Waals surface area contributed by atoms with Crippen LogP contribution in [0, 0.1) is 11.3 Å². The Hall–Kier alpha value is -0.790. The molecule has 0 atom stereocenters. The Morgan fingerprint density at radius 2 is 2.22 bits per heavy atom. The lowest BCUT2D eigenvalue weighted by atomic mass is 10.2. The minimum atomic E-state index is 0.588. The third-order valence-electron chi connectivity index (χ3n) is 0.976. The molecule has 0 saturated heterocycles. The third kappa shape index (κ3) is 3.76. The maximum atomic E-state index is 6.88. The lowest BCUT2D eigenvalue weighted by Gasteiger charge is -2.14. The summed E-state index contributed by atoms with van der Waals surface area (Å²) >= 11 is 0. The van der Waals surface area contributed by atoms with Crippen LogP contribution in [0.3, 0.4) is 0 Å². The fourth-order valence-corrected chi connectivity index (χ4v) is 0.602. The average Bonchev–Trinajstić information content (AvgIpc) is 1.82. The van der Waals surface area contributed by atoms with Gasteiger partial charge in [-0.1, -0.05) is 20.4 Å². The van der Waals surface area contributed by atoms with E-state index in [1.165, 1.54) is 6.34 Å². The maximum Gasteiger partial charge on any atom is 0.0857 e. The normalized spacial score (nSPS) is 9.22. The SMILES string of the molecule is C=CN(C=N)CC(C)C. The van der Waals surface area contributed by atoms with Crippen molar-refractivity contribution in [3.8, 4) is 0 Å². The summed E-state index contributed by atoms with van der Waals surface area (Å²) in [5, 5.41) is 6.88. The third-order valence-corrected chi connectivity index (χ3v) is 0.976. The van der Waals surface area contributed by atoms with E-state index < -0.39 is 0 Å². The summed E-state index contributed by atoms with van der Waals surface area (Å²) in [7, 11) is 0. The Balaban J connectivity index is 3.55. The summed E-state index contributed by atoms with van der Waals surface area (Å²) in [6.45, 7) is 8.66. The van der Waals surface area contributed by atoms with Crippen LogP contribution in [0.1, 0.15) is 13.8 Å². The molecule has 0 amide bonds. The van der Waals surface area contributed by atoms with E-state index >= 15 is 0 Å². The van der Waals surface area contributed by atoms with Crippen LogP contribution in [-0.2, 0) is 0 Å². The zero-order chi connectivity index (χ0) is 7.28. The molecule has 0 bridgehead atoms. The minimum Gasteiger partial charge on any atom is -0.340 e. The van der Waals surface area contributed by atoms with E-state index in [-0.39, 0.29) is 0 Å². The molecule has 0 rings (SSSR count). The number of nitrogens with one attached hydrogen (secondary N) is 1. The van der Waals surface area contributed by atoms with Gasteiger partial charge < -0.3 is 4.90 Å². The zero-order valence-electron chi connectivity index (χ0n) is 6.09. The quantitative estimate of drug-likeness (QED) is 0.450. The molecule has 0 aliphatic rings. The molecule has 0 fully saturated rings. The molecule has 1 N–H and O–H groups in total. The predicted molar refractivity (Wildman–Crippen MR) is 40.5 cm³/mol. The fourth-order valence-electron chi connectivity index (χ4n) is 0.602. The number of hydrogen-bond acceptors (Lipinski definition) is 1. The maximum absolute atomic E-state index is 6.88. The monoisotopic (exact) mass is 126 g/mol. The second-order valence-corrected chi connectivity index (χ2v) is 2.40. The highest BCUT2D eigenvalue weighted by Crippen LogP contribution is 1.94. The molecule has 52 valence electrons. The van der Waals surface area contributed by atoms with Gasteiger partial charge in [-0.3, -0.25) is 5.41 Å². The fraction of sp³-hybridized carbons (Fsp3) is 0.571. The van der Waals surface area contributed by atoms with E-state index in [1.54, 1.807) is 11.1 Å². The van der Waals surface area contributed by atoms with Gasteiger partial charge in [-0.25, -0.2) is 0 Å². The van der Waals surface area contributed by atoms with E-state index in [0.29, 0.717) is 5.92 Å². The Labute approximate surface area is 56.7 Å². The highest BCUT2D eigenvalue weighted by atomic mass is 15.1. The first-order valence-electron chi connectivity index (χ1n) is 3.09. The lowest BCUT2D eigenvalue weighted by molar-refractivity contribution is 0.467. The molecule has 2 heteroatoms. The largest absolute Gasteiger partial charge is 0.340 e. The number of rotatable bonds is 4. The first-order chi connectivity index (χ1) is 4.20. The van der Waals surface area contributed by atoms with Crippen LogP contribution in [0.2, 0.25) is 0 Å². The van der Waals surface area contributed by atoms with Gasteiger partial charge in [0.05, 0.1) is 6.34 Å². The van der Waals surface area contributed by atoms with Crippen molar-refractivity contribution >= 4 is 6.34 Å². The lowest BCUT2D eigenvalue weighted by Crippen LogP contribution is -2.19. The smallest absolute Gasteiger partial charge is 0.0857 e. The predicted octanol–water partition coefficient (Wildman–Crippen LogP) is 1.69. The second kappa shape index (κ2) is 4.13. The van der Waals surface area contributed by atoms with Crippen LogP contribution >= 0.6 is 0 Å². The molecular formula is C7H14N2. The summed E-state index contributed by atoms with van der Waals surface area (Å²) in [6, 6.07) is 0. The van der Waals surface area contributed by atoms with Crippen molar-refractivity contribution in [2.75, 3.05) is 6.54 Å². The molecule has 0 heterocycles. The van der Waals surface area contributed by atoms with Crippen LogP contribution in [0.25, 0.3) is 0 Å². The first-order valence-corrected chi connectivity index (χ1v) is 3.09. The molecule has 0 spiro atoms. The van der Waals surface area contributed by atoms with Crippen LogP contribution in [0.4, 0.5) is 0 Å². The highest BCUT2D eigenvalue weighted by Gasteiger charge is 1.96. The van der Waals surface area contributed by atoms with Gasteiger partial charge in [0.2, 0.25) is 0 Å². The molecule has 0 unspecified atom stereocenters. The van der Waals surface area contributed by atoms with E-state index in [9.17, 15) is 0 Å². The Morgan fingerprint density at radius 1 is 1.67 bits per heavy atom. The van der Waals surface area contributed by atoms with E-state index in [1.807, 2.05) is 0 Å². The summed E-state index contributed by atoms with van der Waals surface area (Å²) in [6.07, 6.45) is 2.94. The van der Waals surface area contributed by atoms with Gasteiger partial charge >= 0.3 is 0 Å². The molecule has 0 aromatic heterocycles. The molecule has 0 aromatic carbocycles. The molecule has 9 heavy (non-hydrogen) atoms. The average molecular weight is 126 g/mol. The zero-order valence-corrected chi connectivity index (χ0v) is 6.09. The van der Waals surface area contributed by atoms with Crippen LogP contribution in [-0.4, -0.2) is 17.8 Å². The summed E-state index contributed by atoms with van der Waals surface area (Å²) in [4.78, 5) is 1.75. The molecule has 0 aliphatic heterocycles. The highest BCUT2D eigenvalue weighted by molar-refractivity contribution is 5.52. The van der Waals surface area contributed by atoms with Gasteiger partial charge in [-0.05, 0) is 12.1 Å². The van der Waals surface area contributed by atoms with Crippen molar-refractivity contribution in [3.05, 3.63) is 12.8 Å². The molecule has 0 aliphatic carbocycles. The second-order valence-electron chi connectivity index (χ2n) is 2.40. The molecular weight excluding hydrogens is 112 g/mol. The molecule has 2 nitrogen and oxygen atoms in total. The van der Waals surface area contributed by atoms with E-state index in [2.05, 4.69) is 20.4 Å². The van der Waals surface area contributed by atoms with Gasteiger partial charge in [-0.15, -0.1) is 0 Å². The van der Waals surface area contributed by atoms with Gasteiger partial charge in [0.1, 0.15) is 0 Å². The summed E-state index contributed by atoms with van der Waals surface area (Å²) in [5.74, 6) is 0.588. The van der Waals surface area contributed by atoms with E-state index in [0.717, 1.165) is 6.54 Å². The van der Waals surface area contributed by atoms with Crippen LogP contribution in [0.5, 0.6) is 0 Å². The number of hydrogen-bond donors (Lipinski definition) is 1. The van der Waals surface area contributed by atoms with Gasteiger partial charge in [-0.2, -0.15) is 0 Å². The van der Waals surface area contributed by atoms with Crippen LogP contribution < -0.4 is 0 Å². The van der Waals surface area contributed by atoms with Crippen LogP contribution in [0.15, 0.2) is 12.8 Å². The topological polar surface area (TPSA) is 27.1 Å². The van der Waals surface area contributed by atoms with Gasteiger partial charge in [0, 0.05) is 6.54 Å². The molecule has 0 aromatic rings. The molecule has 0 saturated carbocycles. The van der Waals surface area contributed by atoms with Crippen molar-refractivity contribution < 1.29 is 0 Å². The van der Waals surface area contributed by atoms with Gasteiger partial charge in [0.25, 0.3) is 0 Å². The van der Waals surface area contributed by atoms with Gasteiger partial charge in [0.15, 0.2) is 0 Å². The Kier molecular flexibility index (Phi) is 3.76. The molecule has 0 radical (unpaired) electrons. The minimum absolute atomic E-state index is 0.588. The van der Waals surface area contributed by atoms with Crippen molar-refractivity contribution in [2.45, 2.75) is 13.8 Å². The van der Waals surface area contributed by atoms with Crippen molar-refractivity contribution in [1.29, 1.82) is 5.41 Å². The number of nitrogens with zero attached hydrogens (tertiary/aromatic N) is 1. The van der Waals surface area contributed by atoms with Crippen molar-refractivity contribution in [3.63, 3.8) is 0 Å². The standard InChI is InChI=1S/C7H14N2/c1-4-9(6-8)5-7(2)3/h4,6-8H,1,5H2,2-3H3. The van der Waals surface area contributed by atoms with Crippen molar-refractivity contribution in [2.24, 2.45) is 5.92 Å². The summed E-state index contributed by atoms with van der Waals surface area (Å²) < 4.78 is 0.